The number of ketones is 1. The van der Waals surface area contributed by atoms with E-state index in [0.717, 1.165) is 5.56 Å². The van der Waals surface area contributed by atoms with Gasteiger partial charge in [-0.05, 0) is 31.2 Å². The molecule has 0 spiro atoms. The van der Waals surface area contributed by atoms with E-state index >= 15 is 0 Å². The predicted octanol–water partition coefficient (Wildman–Crippen LogP) is 3.45. The van der Waals surface area contributed by atoms with Crippen LogP contribution in [0.3, 0.4) is 0 Å². The molecule has 0 aliphatic carbocycles. The summed E-state index contributed by atoms with van der Waals surface area (Å²) in [4.78, 5) is 14.0. The van der Waals surface area contributed by atoms with E-state index in [1.165, 1.54) is 6.07 Å². The Morgan fingerprint density at radius 1 is 1.15 bits per heavy atom. The zero-order valence-electron chi connectivity index (χ0n) is 11.8. The number of benzene rings is 2. The summed E-state index contributed by atoms with van der Waals surface area (Å²) in [5.74, 6) is -0.399. The lowest BCUT2D eigenvalue weighted by atomic mass is 10.1. The summed E-state index contributed by atoms with van der Waals surface area (Å²) >= 11 is 0. The average Bonchev–Trinajstić information content (AvgIpc) is 2.42. The molecule has 0 N–H and O–H groups in total. The van der Waals surface area contributed by atoms with Crippen molar-refractivity contribution in [3.63, 3.8) is 0 Å². The molecule has 2 rings (SSSR count). The number of halogens is 1. The second-order valence-electron chi connectivity index (χ2n) is 5.05. The van der Waals surface area contributed by atoms with E-state index in [-0.39, 0.29) is 18.1 Å². The largest absolute Gasteiger partial charge is 0.295 e. The van der Waals surface area contributed by atoms with E-state index in [0.29, 0.717) is 17.7 Å². The Labute approximate surface area is 118 Å². The Balaban J connectivity index is 1.98. The molecule has 0 amide bonds. The maximum absolute atomic E-state index is 13.5. The monoisotopic (exact) mass is 271 g/mol. The number of carbonyl (C=O) groups is 1. The molecule has 3 heteroatoms. The Hall–Kier alpha value is -2.00. The minimum atomic E-state index is -0.332. The van der Waals surface area contributed by atoms with Crippen molar-refractivity contribution >= 4 is 5.78 Å². The molecule has 0 unspecified atom stereocenters. The van der Waals surface area contributed by atoms with Gasteiger partial charge in [-0.25, -0.2) is 4.39 Å². The molecule has 2 aromatic rings. The van der Waals surface area contributed by atoms with Gasteiger partial charge in [-0.1, -0.05) is 42.5 Å². The lowest BCUT2D eigenvalue weighted by molar-refractivity contribution is 0.0942. The van der Waals surface area contributed by atoms with Crippen LogP contribution in [-0.2, 0) is 6.54 Å². The third-order valence-electron chi connectivity index (χ3n) is 3.20. The normalized spacial score (nSPS) is 10.8. The smallest absolute Gasteiger partial charge is 0.176 e. The van der Waals surface area contributed by atoms with Crippen molar-refractivity contribution in [2.45, 2.75) is 13.5 Å². The maximum Gasteiger partial charge on any atom is 0.176 e. The fourth-order valence-electron chi connectivity index (χ4n) is 2.05. The maximum atomic E-state index is 13.5. The molecule has 2 aromatic carbocycles. The zero-order chi connectivity index (χ0) is 14.5. The molecular weight excluding hydrogens is 253 g/mol. The van der Waals surface area contributed by atoms with Crippen molar-refractivity contribution < 1.29 is 9.18 Å². The van der Waals surface area contributed by atoms with Gasteiger partial charge >= 0.3 is 0 Å². The summed E-state index contributed by atoms with van der Waals surface area (Å²) in [7, 11) is 1.88. The molecule has 0 aromatic heterocycles. The van der Waals surface area contributed by atoms with Gasteiger partial charge in [0.15, 0.2) is 5.78 Å². The van der Waals surface area contributed by atoms with E-state index < -0.39 is 0 Å². The number of hydrogen-bond acceptors (Lipinski definition) is 2. The minimum absolute atomic E-state index is 0.0673. The van der Waals surface area contributed by atoms with E-state index in [4.69, 9.17) is 0 Å². The van der Waals surface area contributed by atoms with Crippen LogP contribution in [0.15, 0.2) is 48.5 Å². The van der Waals surface area contributed by atoms with Crippen LogP contribution in [0.5, 0.6) is 0 Å². The molecule has 0 fully saturated rings. The molecule has 0 radical (unpaired) electrons. The number of carbonyl (C=O) groups excluding carboxylic acids is 1. The zero-order valence-corrected chi connectivity index (χ0v) is 11.8. The number of hydrogen-bond donors (Lipinski definition) is 0. The molecule has 0 heterocycles. The van der Waals surface area contributed by atoms with Gasteiger partial charge < -0.3 is 0 Å². The summed E-state index contributed by atoms with van der Waals surface area (Å²) < 4.78 is 13.5. The fraction of sp³-hybridized carbons (Fsp3) is 0.235. The van der Waals surface area contributed by atoms with Crippen molar-refractivity contribution in [1.29, 1.82) is 0 Å². The number of likely N-dealkylation sites (N-methyl/N-ethyl adjacent to an activating group) is 1. The molecule has 0 aliphatic heterocycles. The summed E-state index contributed by atoms with van der Waals surface area (Å²) in [5, 5.41) is 0. The van der Waals surface area contributed by atoms with Crippen LogP contribution in [0.4, 0.5) is 4.39 Å². The summed E-state index contributed by atoms with van der Waals surface area (Å²) in [6.07, 6.45) is 0. The Kier molecular flexibility index (Phi) is 4.64. The van der Waals surface area contributed by atoms with E-state index in [2.05, 4.69) is 0 Å². The molecule has 20 heavy (non-hydrogen) atoms. The van der Waals surface area contributed by atoms with Gasteiger partial charge in [0.25, 0.3) is 0 Å². The Morgan fingerprint density at radius 2 is 1.85 bits per heavy atom. The average molecular weight is 271 g/mol. The topological polar surface area (TPSA) is 20.3 Å². The molecule has 104 valence electrons. The van der Waals surface area contributed by atoms with Gasteiger partial charge in [0.2, 0.25) is 0 Å². The van der Waals surface area contributed by atoms with Crippen molar-refractivity contribution in [1.82, 2.24) is 4.90 Å². The molecule has 0 saturated carbocycles. The third kappa shape index (κ3) is 3.75. The van der Waals surface area contributed by atoms with Crippen LogP contribution in [0.25, 0.3) is 0 Å². The van der Waals surface area contributed by atoms with Crippen molar-refractivity contribution in [3.05, 3.63) is 71.0 Å². The first-order chi connectivity index (χ1) is 9.56. The van der Waals surface area contributed by atoms with Crippen LogP contribution in [0.1, 0.15) is 21.5 Å². The molecule has 0 aliphatic rings. The summed E-state index contributed by atoms with van der Waals surface area (Å²) in [6.45, 7) is 2.66. The van der Waals surface area contributed by atoms with Gasteiger partial charge in [-0.15, -0.1) is 0 Å². The number of nitrogens with zero attached hydrogens (tertiary/aromatic N) is 1. The van der Waals surface area contributed by atoms with Crippen molar-refractivity contribution in [3.8, 4) is 0 Å². The standard InChI is InChI=1S/C17H18FNO/c1-13-8-9-15(10-16(13)18)17(20)12-19(2)11-14-6-4-3-5-7-14/h3-10H,11-12H2,1-2H3. The van der Waals surface area contributed by atoms with Crippen LogP contribution in [0.2, 0.25) is 0 Å². The van der Waals surface area contributed by atoms with Crippen LogP contribution < -0.4 is 0 Å². The first kappa shape index (κ1) is 14.4. The number of rotatable bonds is 5. The SMILES string of the molecule is Cc1ccc(C(=O)CN(C)Cc2ccccc2)cc1F. The molecule has 2 nitrogen and oxygen atoms in total. The molecule has 0 saturated heterocycles. The molecular formula is C17H18FNO. The lowest BCUT2D eigenvalue weighted by Crippen LogP contribution is -2.25. The summed E-state index contributed by atoms with van der Waals surface area (Å²) in [6, 6.07) is 14.6. The van der Waals surface area contributed by atoms with Crippen LogP contribution in [-0.4, -0.2) is 24.3 Å². The van der Waals surface area contributed by atoms with Gasteiger partial charge in [-0.2, -0.15) is 0 Å². The van der Waals surface area contributed by atoms with E-state index in [1.807, 2.05) is 42.3 Å². The highest BCUT2D eigenvalue weighted by Gasteiger charge is 2.11. The van der Waals surface area contributed by atoms with Crippen LogP contribution >= 0.6 is 0 Å². The highest BCUT2D eigenvalue weighted by Crippen LogP contribution is 2.11. The summed E-state index contributed by atoms with van der Waals surface area (Å²) in [5.41, 5.74) is 2.13. The third-order valence-corrected chi connectivity index (χ3v) is 3.20. The molecule has 0 bridgehead atoms. The highest BCUT2D eigenvalue weighted by atomic mass is 19.1. The highest BCUT2D eigenvalue weighted by molar-refractivity contribution is 5.97. The molecule has 0 atom stereocenters. The Morgan fingerprint density at radius 3 is 2.50 bits per heavy atom. The quantitative estimate of drug-likeness (QED) is 0.776. The minimum Gasteiger partial charge on any atom is -0.295 e. The second-order valence-corrected chi connectivity index (χ2v) is 5.05. The first-order valence-corrected chi connectivity index (χ1v) is 6.58. The van der Waals surface area contributed by atoms with Gasteiger partial charge in [-0.3, -0.25) is 9.69 Å². The van der Waals surface area contributed by atoms with Gasteiger partial charge in [0, 0.05) is 12.1 Å². The van der Waals surface area contributed by atoms with Crippen LogP contribution in [0, 0.1) is 12.7 Å². The van der Waals surface area contributed by atoms with Crippen molar-refractivity contribution in [2.75, 3.05) is 13.6 Å². The van der Waals surface area contributed by atoms with Crippen molar-refractivity contribution in [2.24, 2.45) is 0 Å². The van der Waals surface area contributed by atoms with Gasteiger partial charge in [0.05, 0.1) is 6.54 Å². The predicted molar refractivity (Wildman–Crippen MR) is 78.2 cm³/mol. The van der Waals surface area contributed by atoms with Gasteiger partial charge in [0.1, 0.15) is 5.82 Å². The lowest BCUT2D eigenvalue weighted by Gasteiger charge is -2.16. The second kappa shape index (κ2) is 6.44. The van der Waals surface area contributed by atoms with E-state index in [9.17, 15) is 9.18 Å². The fourth-order valence-corrected chi connectivity index (χ4v) is 2.05. The van der Waals surface area contributed by atoms with E-state index in [1.54, 1.807) is 19.1 Å². The Bertz CT molecular complexity index is 595. The number of Topliss-reactive ketones (excluding diaryl/α,β-unsaturated/α-hetero) is 1. The number of aryl methyl sites for hydroxylation is 1. The first-order valence-electron chi connectivity index (χ1n) is 6.58.